The third-order valence-corrected chi connectivity index (χ3v) is 5.13. The quantitative estimate of drug-likeness (QED) is 0.852. The van der Waals surface area contributed by atoms with E-state index >= 15 is 0 Å². The van der Waals surface area contributed by atoms with Gasteiger partial charge in [-0.25, -0.2) is 8.42 Å². The van der Waals surface area contributed by atoms with Crippen LogP contribution in [0.3, 0.4) is 0 Å². The number of hydrogen-bond donors (Lipinski definition) is 1. The maximum Gasteiger partial charge on any atom is 0.186 e. The highest BCUT2D eigenvalue weighted by Crippen LogP contribution is 2.26. The molecule has 7 heteroatoms. The molecule has 0 saturated carbocycles. The van der Waals surface area contributed by atoms with E-state index in [0.29, 0.717) is 16.7 Å². The Morgan fingerprint density at radius 2 is 2.05 bits per heavy atom. The van der Waals surface area contributed by atoms with Crippen LogP contribution in [0.1, 0.15) is 18.3 Å². The monoisotopic (exact) mass is 357 g/mol. The summed E-state index contributed by atoms with van der Waals surface area (Å²) in [5.74, 6) is -0.109. The number of halogens is 1. The van der Waals surface area contributed by atoms with Crippen LogP contribution in [0.2, 0.25) is 0 Å². The Kier molecular flexibility index (Phi) is 4.19. The summed E-state index contributed by atoms with van der Waals surface area (Å²) >= 11 is 3.27. The molecule has 0 atom stereocenters. The lowest BCUT2D eigenvalue weighted by Gasteiger charge is -2.09. The van der Waals surface area contributed by atoms with E-state index in [2.05, 4.69) is 21.0 Å². The molecule has 2 rings (SSSR count). The van der Waals surface area contributed by atoms with Gasteiger partial charge in [0.05, 0.1) is 27.7 Å². The molecule has 2 aromatic rings. The fraction of sp³-hybridized carbons (Fsp3) is 0.308. The lowest BCUT2D eigenvalue weighted by Crippen LogP contribution is -2.12. The second-order valence-electron chi connectivity index (χ2n) is 4.53. The molecule has 0 bridgehead atoms. The molecule has 0 unspecified atom stereocenters. The SMILES string of the molecule is CCn1nc(C)cc1CS(=O)(=O)c1cc(Br)ccc1N. The summed E-state index contributed by atoms with van der Waals surface area (Å²) in [4.78, 5) is 0.147. The van der Waals surface area contributed by atoms with Crippen molar-refractivity contribution in [1.29, 1.82) is 0 Å². The van der Waals surface area contributed by atoms with Crippen molar-refractivity contribution in [3.8, 4) is 0 Å². The largest absolute Gasteiger partial charge is 0.398 e. The van der Waals surface area contributed by atoms with E-state index in [0.717, 1.165) is 5.69 Å². The lowest BCUT2D eigenvalue weighted by molar-refractivity contribution is 0.586. The second-order valence-corrected chi connectivity index (χ2v) is 7.41. The fourth-order valence-electron chi connectivity index (χ4n) is 2.04. The van der Waals surface area contributed by atoms with Crippen molar-refractivity contribution < 1.29 is 8.42 Å². The van der Waals surface area contributed by atoms with Gasteiger partial charge in [0, 0.05) is 11.0 Å². The van der Waals surface area contributed by atoms with Crippen LogP contribution in [-0.2, 0) is 22.1 Å². The molecular formula is C13H16BrN3O2S. The Morgan fingerprint density at radius 3 is 2.70 bits per heavy atom. The number of hydrogen-bond acceptors (Lipinski definition) is 4. The summed E-state index contributed by atoms with van der Waals surface area (Å²) in [6, 6.07) is 6.62. The molecule has 0 amide bonds. The summed E-state index contributed by atoms with van der Waals surface area (Å²) in [5.41, 5.74) is 7.52. The minimum Gasteiger partial charge on any atom is -0.398 e. The van der Waals surface area contributed by atoms with Crippen molar-refractivity contribution in [2.45, 2.75) is 31.0 Å². The molecule has 0 aliphatic rings. The molecule has 0 saturated heterocycles. The molecular weight excluding hydrogens is 342 g/mol. The number of anilines is 1. The first-order chi connectivity index (χ1) is 9.33. The van der Waals surface area contributed by atoms with Crippen LogP contribution >= 0.6 is 15.9 Å². The number of benzene rings is 1. The molecule has 0 aliphatic heterocycles. The zero-order chi connectivity index (χ0) is 14.9. The van der Waals surface area contributed by atoms with E-state index in [1.165, 1.54) is 6.07 Å². The number of nitrogens with two attached hydrogens (primary N) is 1. The van der Waals surface area contributed by atoms with Gasteiger partial charge in [0.15, 0.2) is 9.84 Å². The molecule has 0 fully saturated rings. The highest BCUT2D eigenvalue weighted by Gasteiger charge is 2.21. The van der Waals surface area contributed by atoms with Crippen molar-refractivity contribution in [3.63, 3.8) is 0 Å². The third-order valence-electron chi connectivity index (χ3n) is 2.93. The molecule has 108 valence electrons. The number of aromatic nitrogens is 2. The van der Waals surface area contributed by atoms with Crippen LogP contribution in [-0.4, -0.2) is 18.2 Å². The molecule has 0 aliphatic carbocycles. The standard InChI is InChI=1S/C13H16BrN3O2S/c1-3-17-11(6-9(2)16-17)8-20(18,19)13-7-10(14)4-5-12(13)15/h4-7H,3,8,15H2,1-2H3. The third kappa shape index (κ3) is 3.04. The Labute approximate surface area is 126 Å². The van der Waals surface area contributed by atoms with Gasteiger partial charge in [0.2, 0.25) is 0 Å². The molecule has 0 radical (unpaired) electrons. The highest BCUT2D eigenvalue weighted by molar-refractivity contribution is 9.10. The van der Waals surface area contributed by atoms with Crippen molar-refractivity contribution in [1.82, 2.24) is 9.78 Å². The Bertz CT molecular complexity index is 738. The van der Waals surface area contributed by atoms with Gasteiger partial charge in [-0.1, -0.05) is 15.9 Å². The zero-order valence-corrected chi connectivity index (χ0v) is 13.7. The van der Waals surface area contributed by atoms with E-state index in [1.807, 2.05) is 13.8 Å². The molecule has 1 aromatic carbocycles. The summed E-state index contributed by atoms with van der Waals surface area (Å²) in [6.45, 7) is 4.40. The summed E-state index contributed by atoms with van der Waals surface area (Å²) in [6.07, 6.45) is 0. The van der Waals surface area contributed by atoms with E-state index in [-0.39, 0.29) is 16.3 Å². The Hall–Kier alpha value is -1.34. The van der Waals surface area contributed by atoms with E-state index < -0.39 is 9.84 Å². The average Bonchev–Trinajstić information content (AvgIpc) is 2.71. The topological polar surface area (TPSA) is 78.0 Å². The number of nitrogens with zero attached hydrogens (tertiary/aromatic N) is 2. The van der Waals surface area contributed by atoms with Crippen LogP contribution in [0.25, 0.3) is 0 Å². The molecule has 5 nitrogen and oxygen atoms in total. The molecule has 0 spiro atoms. The average molecular weight is 358 g/mol. The van der Waals surface area contributed by atoms with Gasteiger partial charge in [-0.15, -0.1) is 0 Å². The van der Waals surface area contributed by atoms with Crippen LogP contribution in [0.5, 0.6) is 0 Å². The first-order valence-electron chi connectivity index (χ1n) is 6.14. The summed E-state index contributed by atoms with van der Waals surface area (Å²) < 4.78 is 27.4. The molecule has 20 heavy (non-hydrogen) atoms. The summed E-state index contributed by atoms with van der Waals surface area (Å²) in [5, 5.41) is 4.26. The van der Waals surface area contributed by atoms with Gasteiger partial charge in [-0.2, -0.15) is 5.10 Å². The van der Waals surface area contributed by atoms with Gasteiger partial charge in [0.1, 0.15) is 0 Å². The van der Waals surface area contributed by atoms with E-state index in [4.69, 9.17) is 5.73 Å². The fourth-order valence-corrected chi connectivity index (χ4v) is 4.06. The zero-order valence-electron chi connectivity index (χ0n) is 11.3. The first-order valence-corrected chi connectivity index (χ1v) is 8.59. The maximum absolute atomic E-state index is 12.5. The van der Waals surface area contributed by atoms with Crippen molar-refractivity contribution in [3.05, 3.63) is 40.1 Å². The van der Waals surface area contributed by atoms with Crippen LogP contribution in [0.15, 0.2) is 33.6 Å². The lowest BCUT2D eigenvalue weighted by atomic mass is 10.3. The predicted octanol–water partition coefficient (Wildman–Crippen LogP) is 2.53. The van der Waals surface area contributed by atoms with Gasteiger partial charge in [-0.3, -0.25) is 4.68 Å². The Balaban J connectivity index is 2.43. The van der Waals surface area contributed by atoms with Gasteiger partial charge in [-0.05, 0) is 38.1 Å². The molecule has 1 aromatic heterocycles. The molecule has 1 heterocycles. The normalized spacial score (nSPS) is 11.8. The van der Waals surface area contributed by atoms with Gasteiger partial charge in [0.25, 0.3) is 0 Å². The van der Waals surface area contributed by atoms with Crippen molar-refractivity contribution in [2.75, 3.05) is 5.73 Å². The number of aryl methyl sites for hydroxylation is 2. The highest BCUT2D eigenvalue weighted by atomic mass is 79.9. The summed E-state index contributed by atoms with van der Waals surface area (Å²) in [7, 11) is -3.50. The predicted molar refractivity (Wildman–Crippen MR) is 82.1 cm³/mol. The number of rotatable bonds is 4. The number of nitrogen functional groups attached to an aromatic ring is 1. The first kappa shape index (κ1) is 15.1. The van der Waals surface area contributed by atoms with E-state index in [1.54, 1.807) is 22.9 Å². The Morgan fingerprint density at radius 1 is 1.35 bits per heavy atom. The van der Waals surface area contributed by atoms with Crippen molar-refractivity contribution in [2.24, 2.45) is 0 Å². The van der Waals surface area contributed by atoms with Crippen LogP contribution < -0.4 is 5.73 Å². The maximum atomic E-state index is 12.5. The van der Waals surface area contributed by atoms with Crippen molar-refractivity contribution >= 4 is 31.5 Å². The van der Waals surface area contributed by atoms with Crippen LogP contribution in [0.4, 0.5) is 5.69 Å². The minimum atomic E-state index is -3.50. The van der Waals surface area contributed by atoms with Gasteiger partial charge < -0.3 is 5.73 Å². The smallest absolute Gasteiger partial charge is 0.186 e. The van der Waals surface area contributed by atoms with Gasteiger partial charge >= 0.3 is 0 Å². The molecule has 2 N–H and O–H groups in total. The second kappa shape index (κ2) is 5.57. The van der Waals surface area contributed by atoms with E-state index in [9.17, 15) is 8.42 Å². The van der Waals surface area contributed by atoms with Crippen LogP contribution in [0, 0.1) is 6.92 Å². The number of sulfone groups is 1. The minimum absolute atomic E-state index is 0.109.